The van der Waals surface area contributed by atoms with E-state index in [1.165, 1.54) is 16.1 Å². The summed E-state index contributed by atoms with van der Waals surface area (Å²) in [4.78, 5) is 7.56. The van der Waals surface area contributed by atoms with E-state index in [0.717, 1.165) is 18.6 Å². The first-order valence-corrected chi connectivity index (χ1v) is 7.55. The molecule has 1 aromatic carbocycles. The van der Waals surface area contributed by atoms with Gasteiger partial charge in [0.2, 0.25) is 0 Å². The highest BCUT2D eigenvalue weighted by atomic mass is 79.9. The van der Waals surface area contributed by atoms with Crippen LogP contribution in [0.2, 0.25) is 0 Å². The SMILES string of the molecule is CC(Br)CCN(C)Cc1nc2ccccc2s1. The van der Waals surface area contributed by atoms with Crippen molar-refractivity contribution in [2.24, 2.45) is 0 Å². The molecule has 2 nitrogen and oxygen atoms in total. The first kappa shape index (κ1) is 13.0. The molecule has 0 spiro atoms. The van der Waals surface area contributed by atoms with Crippen LogP contribution in [-0.4, -0.2) is 28.3 Å². The number of benzene rings is 1. The molecule has 0 aliphatic rings. The van der Waals surface area contributed by atoms with Crippen molar-refractivity contribution in [2.45, 2.75) is 24.7 Å². The van der Waals surface area contributed by atoms with Crippen molar-refractivity contribution in [1.29, 1.82) is 0 Å². The van der Waals surface area contributed by atoms with E-state index in [4.69, 9.17) is 0 Å². The van der Waals surface area contributed by atoms with Crippen molar-refractivity contribution < 1.29 is 0 Å². The highest BCUT2D eigenvalue weighted by Crippen LogP contribution is 2.22. The fourth-order valence-corrected chi connectivity index (χ4v) is 2.95. The second-order valence-electron chi connectivity index (χ2n) is 4.38. The third-order valence-corrected chi connectivity index (χ3v) is 4.13. The summed E-state index contributed by atoms with van der Waals surface area (Å²) in [5.41, 5.74) is 1.12. The Hall–Kier alpha value is -0.450. The fraction of sp³-hybridized carbons (Fsp3) is 0.462. The minimum absolute atomic E-state index is 0.584. The summed E-state index contributed by atoms with van der Waals surface area (Å²) in [7, 11) is 2.15. The zero-order valence-electron chi connectivity index (χ0n) is 10.2. The molecule has 1 unspecified atom stereocenters. The summed E-state index contributed by atoms with van der Waals surface area (Å²) >= 11 is 5.37. The summed E-state index contributed by atoms with van der Waals surface area (Å²) in [5, 5.41) is 1.20. The third-order valence-electron chi connectivity index (χ3n) is 2.65. The summed E-state index contributed by atoms with van der Waals surface area (Å²) in [6.45, 7) is 4.23. The molecule has 4 heteroatoms. The van der Waals surface area contributed by atoms with Crippen molar-refractivity contribution >= 4 is 37.5 Å². The number of hydrogen-bond donors (Lipinski definition) is 0. The Morgan fingerprint density at radius 2 is 2.18 bits per heavy atom. The molecular formula is C13H17BrN2S. The topological polar surface area (TPSA) is 16.1 Å². The van der Waals surface area contributed by atoms with Crippen LogP contribution in [0.3, 0.4) is 0 Å². The maximum absolute atomic E-state index is 4.64. The van der Waals surface area contributed by atoms with Crippen LogP contribution in [0.1, 0.15) is 18.4 Å². The van der Waals surface area contributed by atoms with Gasteiger partial charge in [-0.1, -0.05) is 35.0 Å². The lowest BCUT2D eigenvalue weighted by atomic mass is 10.3. The number of thiazole rings is 1. The maximum Gasteiger partial charge on any atom is 0.108 e. The van der Waals surface area contributed by atoms with Gasteiger partial charge in [-0.05, 0) is 32.1 Å². The van der Waals surface area contributed by atoms with Gasteiger partial charge < -0.3 is 0 Å². The Morgan fingerprint density at radius 3 is 2.88 bits per heavy atom. The Balaban J connectivity index is 1.98. The van der Waals surface area contributed by atoms with Gasteiger partial charge in [0.05, 0.1) is 16.8 Å². The zero-order chi connectivity index (χ0) is 12.3. The second-order valence-corrected chi connectivity index (χ2v) is 7.06. The summed E-state index contributed by atoms with van der Waals surface area (Å²) in [6.07, 6.45) is 1.17. The maximum atomic E-state index is 4.64. The van der Waals surface area contributed by atoms with E-state index in [1.54, 1.807) is 11.3 Å². The van der Waals surface area contributed by atoms with E-state index in [2.05, 4.69) is 58.0 Å². The Morgan fingerprint density at radius 1 is 1.41 bits per heavy atom. The van der Waals surface area contributed by atoms with E-state index >= 15 is 0 Å². The minimum atomic E-state index is 0.584. The highest BCUT2D eigenvalue weighted by molar-refractivity contribution is 9.09. The Bertz CT molecular complexity index is 448. The summed E-state index contributed by atoms with van der Waals surface area (Å²) in [5.74, 6) is 0. The van der Waals surface area contributed by atoms with Gasteiger partial charge in [-0.2, -0.15) is 0 Å². The average molecular weight is 313 g/mol. The molecule has 1 aromatic heterocycles. The van der Waals surface area contributed by atoms with E-state index < -0.39 is 0 Å². The quantitative estimate of drug-likeness (QED) is 0.778. The lowest BCUT2D eigenvalue weighted by Gasteiger charge is -2.15. The van der Waals surface area contributed by atoms with Crippen LogP contribution in [0.4, 0.5) is 0 Å². The number of para-hydroxylation sites is 1. The molecule has 0 saturated carbocycles. The predicted molar refractivity (Wildman–Crippen MR) is 79.0 cm³/mol. The van der Waals surface area contributed by atoms with Gasteiger partial charge in [-0.15, -0.1) is 11.3 Å². The van der Waals surface area contributed by atoms with Gasteiger partial charge in [-0.25, -0.2) is 4.98 Å². The molecule has 1 atom stereocenters. The van der Waals surface area contributed by atoms with Crippen LogP contribution < -0.4 is 0 Å². The Labute approximate surface area is 115 Å². The average Bonchev–Trinajstić information content (AvgIpc) is 2.68. The van der Waals surface area contributed by atoms with E-state index in [9.17, 15) is 0 Å². The van der Waals surface area contributed by atoms with E-state index in [0.29, 0.717) is 4.83 Å². The van der Waals surface area contributed by atoms with Crippen LogP contribution in [0.25, 0.3) is 10.2 Å². The minimum Gasteiger partial charge on any atom is -0.300 e. The van der Waals surface area contributed by atoms with E-state index in [1.807, 2.05) is 6.07 Å². The van der Waals surface area contributed by atoms with Crippen molar-refractivity contribution in [1.82, 2.24) is 9.88 Å². The van der Waals surface area contributed by atoms with Gasteiger partial charge in [-0.3, -0.25) is 4.90 Å². The molecule has 0 bridgehead atoms. The highest BCUT2D eigenvalue weighted by Gasteiger charge is 2.07. The number of hydrogen-bond acceptors (Lipinski definition) is 3. The molecule has 0 amide bonds. The normalized spacial score (nSPS) is 13.4. The van der Waals surface area contributed by atoms with Gasteiger partial charge in [0.15, 0.2) is 0 Å². The molecule has 2 aromatic rings. The van der Waals surface area contributed by atoms with Crippen LogP contribution in [0, 0.1) is 0 Å². The van der Waals surface area contributed by atoms with E-state index in [-0.39, 0.29) is 0 Å². The van der Waals surface area contributed by atoms with Crippen LogP contribution in [0.15, 0.2) is 24.3 Å². The molecule has 17 heavy (non-hydrogen) atoms. The number of aromatic nitrogens is 1. The number of fused-ring (bicyclic) bond motifs is 1. The molecule has 0 fully saturated rings. The molecule has 0 saturated heterocycles. The van der Waals surface area contributed by atoms with Crippen molar-refractivity contribution in [3.8, 4) is 0 Å². The van der Waals surface area contributed by atoms with Crippen LogP contribution in [-0.2, 0) is 6.54 Å². The van der Waals surface area contributed by atoms with Gasteiger partial charge >= 0.3 is 0 Å². The van der Waals surface area contributed by atoms with Crippen LogP contribution >= 0.6 is 27.3 Å². The largest absolute Gasteiger partial charge is 0.300 e. The lowest BCUT2D eigenvalue weighted by Crippen LogP contribution is -2.20. The molecule has 2 rings (SSSR count). The summed E-state index contributed by atoms with van der Waals surface area (Å²) in [6, 6.07) is 8.33. The lowest BCUT2D eigenvalue weighted by molar-refractivity contribution is 0.322. The fourth-order valence-electron chi connectivity index (χ4n) is 1.70. The smallest absolute Gasteiger partial charge is 0.108 e. The second kappa shape index (κ2) is 5.94. The number of nitrogens with zero attached hydrogens (tertiary/aromatic N) is 2. The summed E-state index contributed by atoms with van der Waals surface area (Å²) < 4.78 is 1.28. The first-order chi connectivity index (χ1) is 8.15. The van der Waals surface area contributed by atoms with Gasteiger partial charge in [0.25, 0.3) is 0 Å². The van der Waals surface area contributed by atoms with Gasteiger partial charge in [0.1, 0.15) is 5.01 Å². The predicted octanol–water partition coefficient (Wildman–Crippen LogP) is 3.90. The van der Waals surface area contributed by atoms with Crippen molar-refractivity contribution in [2.75, 3.05) is 13.6 Å². The molecule has 92 valence electrons. The monoisotopic (exact) mass is 312 g/mol. The zero-order valence-corrected chi connectivity index (χ0v) is 12.6. The molecular weight excluding hydrogens is 296 g/mol. The number of halogens is 1. The number of alkyl halides is 1. The molecule has 0 N–H and O–H groups in total. The van der Waals surface area contributed by atoms with Gasteiger partial charge in [0, 0.05) is 4.83 Å². The molecule has 0 radical (unpaired) electrons. The third kappa shape index (κ3) is 3.76. The van der Waals surface area contributed by atoms with Crippen molar-refractivity contribution in [3.05, 3.63) is 29.3 Å². The van der Waals surface area contributed by atoms with Crippen LogP contribution in [0.5, 0.6) is 0 Å². The first-order valence-electron chi connectivity index (χ1n) is 5.82. The number of rotatable bonds is 5. The standard InChI is InChI=1S/C13H17BrN2S/c1-10(14)7-8-16(2)9-13-15-11-5-3-4-6-12(11)17-13/h3-6,10H,7-9H2,1-2H3. The molecule has 0 aliphatic carbocycles. The Kier molecular flexibility index (Phi) is 4.54. The molecule has 1 heterocycles. The molecule has 0 aliphatic heterocycles. The van der Waals surface area contributed by atoms with Crippen molar-refractivity contribution in [3.63, 3.8) is 0 Å².